The van der Waals surface area contributed by atoms with Gasteiger partial charge in [0.2, 0.25) is 0 Å². The number of aryl methyl sites for hydroxylation is 1. The van der Waals surface area contributed by atoms with E-state index in [0.717, 1.165) is 11.8 Å². The van der Waals surface area contributed by atoms with Gasteiger partial charge in [0.25, 0.3) is 0 Å². The largest absolute Gasteiger partial charge is 0.309 e. The van der Waals surface area contributed by atoms with E-state index in [9.17, 15) is 0 Å². The van der Waals surface area contributed by atoms with Gasteiger partial charge in [-0.3, -0.25) is 0 Å². The van der Waals surface area contributed by atoms with Gasteiger partial charge in [-0.1, -0.05) is 13.8 Å². The molecule has 0 spiro atoms. The molecule has 0 saturated carbocycles. The maximum atomic E-state index is 3.66. The molecule has 0 amide bonds. The molecular weight excluding hydrogens is 222 g/mol. The maximum absolute atomic E-state index is 3.66. The minimum Gasteiger partial charge on any atom is -0.309 e. The third-order valence-electron chi connectivity index (χ3n) is 2.86. The second kappa shape index (κ2) is 5.37. The Morgan fingerprint density at radius 3 is 3.07 bits per heavy atom. The second-order valence-corrected chi connectivity index (χ2v) is 6.77. The van der Waals surface area contributed by atoms with E-state index >= 15 is 0 Å². The highest BCUT2D eigenvalue weighted by Gasteiger charge is 2.18. The summed E-state index contributed by atoms with van der Waals surface area (Å²) in [6, 6.07) is 5.17. The summed E-state index contributed by atoms with van der Waals surface area (Å²) in [5.41, 5.74) is 0. The van der Waals surface area contributed by atoms with Gasteiger partial charge in [0.15, 0.2) is 0 Å². The SMILES string of the molecule is CCc1ccc(C2CSC(C)CCN2)s1. The van der Waals surface area contributed by atoms with Gasteiger partial charge in [0.1, 0.15) is 0 Å². The highest BCUT2D eigenvalue weighted by Crippen LogP contribution is 2.30. The van der Waals surface area contributed by atoms with Crippen molar-refractivity contribution in [3.8, 4) is 0 Å². The molecule has 2 unspecified atom stereocenters. The number of thioether (sulfide) groups is 1. The number of thiophene rings is 1. The first-order valence-electron chi connectivity index (χ1n) is 5.73. The molecule has 2 rings (SSSR count). The average Bonchev–Trinajstić information content (AvgIpc) is 2.62. The minimum atomic E-state index is 0.588. The van der Waals surface area contributed by atoms with Crippen molar-refractivity contribution in [1.29, 1.82) is 0 Å². The van der Waals surface area contributed by atoms with Crippen LogP contribution in [-0.2, 0) is 6.42 Å². The second-order valence-electron chi connectivity index (χ2n) is 4.10. The zero-order chi connectivity index (χ0) is 10.7. The first kappa shape index (κ1) is 11.5. The Labute approximate surface area is 101 Å². The van der Waals surface area contributed by atoms with Crippen LogP contribution in [0.2, 0.25) is 0 Å². The van der Waals surface area contributed by atoms with Gasteiger partial charge in [0, 0.05) is 20.8 Å². The van der Waals surface area contributed by atoms with Crippen LogP contribution in [0.4, 0.5) is 0 Å². The van der Waals surface area contributed by atoms with Gasteiger partial charge in [-0.15, -0.1) is 11.3 Å². The fraction of sp³-hybridized carbons (Fsp3) is 0.667. The highest BCUT2D eigenvalue weighted by atomic mass is 32.2. The minimum absolute atomic E-state index is 0.588. The molecule has 84 valence electrons. The van der Waals surface area contributed by atoms with Crippen LogP contribution in [0.15, 0.2) is 12.1 Å². The van der Waals surface area contributed by atoms with E-state index in [0.29, 0.717) is 6.04 Å². The lowest BCUT2D eigenvalue weighted by Crippen LogP contribution is -2.21. The summed E-state index contributed by atoms with van der Waals surface area (Å²) in [7, 11) is 0. The van der Waals surface area contributed by atoms with Crippen molar-refractivity contribution < 1.29 is 0 Å². The van der Waals surface area contributed by atoms with Gasteiger partial charge in [-0.25, -0.2) is 0 Å². The standard InChI is InChI=1S/C12H19NS2/c1-3-10-4-5-12(15-10)11-8-14-9(2)6-7-13-11/h4-5,9,11,13H,3,6-8H2,1-2H3. The van der Waals surface area contributed by atoms with Crippen LogP contribution < -0.4 is 5.32 Å². The van der Waals surface area contributed by atoms with Gasteiger partial charge >= 0.3 is 0 Å². The average molecular weight is 241 g/mol. The van der Waals surface area contributed by atoms with E-state index in [1.54, 1.807) is 0 Å². The van der Waals surface area contributed by atoms with Crippen molar-refractivity contribution in [3.63, 3.8) is 0 Å². The zero-order valence-corrected chi connectivity index (χ0v) is 11.1. The van der Waals surface area contributed by atoms with Crippen molar-refractivity contribution in [2.75, 3.05) is 12.3 Å². The van der Waals surface area contributed by atoms with Crippen LogP contribution in [0.5, 0.6) is 0 Å². The normalized spacial score (nSPS) is 27.6. The molecular formula is C12H19NS2. The summed E-state index contributed by atoms with van der Waals surface area (Å²) in [6.07, 6.45) is 2.47. The fourth-order valence-corrected chi connectivity index (χ4v) is 4.05. The number of hydrogen-bond donors (Lipinski definition) is 1. The predicted octanol–water partition coefficient (Wildman–Crippen LogP) is 3.47. The smallest absolute Gasteiger partial charge is 0.0506 e. The van der Waals surface area contributed by atoms with E-state index < -0.39 is 0 Å². The Morgan fingerprint density at radius 1 is 1.47 bits per heavy atom. The molecule has 1 nitrogen and oxygen atoms in total. The molecule has 1 saturated heterocycles. The summed E-state index contributed by atoms with van der Waals surface area (Å²) < 4.78 is 0. The molecule has 1 aromatic heterocycles. The first-order valence-corrected chi connectivity index (χ1v) is 7.59. The number of nitrogens with one attached hydrogen (secondary N) is 1. The summed E-state index contributed by atoms with van der Waals surface area (Å²) in [5, 5.41) is 4.47. The van der Waals surface area contributed by atoms with Crippen molar-refractivity contribution in [2.24, 2.45) is 0 Å². The molecule has 1 aliphatic heterocycles. The van der Waals surface area contributed by atoms with Crippen molar-refractivity contribution in [3.05, 3.63) is 21.9 Å². The molecule has 15 heavy (non-hydrogen) atoms. The Kier molecular flexibility index (Phi) is 4.12. The van der Waals surface area contributed by atoms with E-state index in [4.69, 9.17) is 0 Å². The third-order valence-corrected chi connectivity index (χ3v) is 5.54. The molecule has 1 aliphatic rings. The van der Waals surface area contributed by atoms with E-state index in [-0.39, 0.29) is 0 Å². The van der Waals surface area contributed by atoms with Gasteiger partial charge < -0.3 is 5.32 Å². The first-order chi connectivity index (χ1) is 7.29. The Morgan fingerprint density at radius 2 is 2.33 bits per heavy atom. The monoisotopic (exact) mass is 241 g/mol. The van der Waals surface area contributed by atoms with Gasteiger partial charge in [0.05, 0.1) is 6.04 Å². The van der Waals surface area contributed by atoms with E-state index in [1.807, 2.05) is 11.3 Å². The van der Waals surface area contributed by atoms with Crippen LogP contribution in [-0.4, -0.2) is 17.5 Å². The predicted molar refractivity (Wildman–Crippen MR) is 71.0 cm³/mol. The maximum Gasteiger partial charge on any atom is 0.0506 e. The van der Waals surface area contributed by atoms with Crippen LogP contribution in [0, 0.1) is 0 Å². The van der Waals surface area contributed by atoms with Gasteiger partial charge in [-0.05, 0) is 31.5 Å². The third kappa shape index (κ3) is 2.99. The molecule has 0 aromatic carbocycles. The van der Waals surface area contributed by atoms with E-state index in [1.165, 1.54) is 28.3 Å². The number of rotatable bonds is 2. The molecule has 1 N–H and O–H groups in total. The summed E-state index contributed by atoms with van der Waals surface area (Å²) in [4.78, 5) is 3.03. The lowest BCUT2D eigenvalue weighted by atomic mass is 10.2. The van der Waals surface area contributed by atoms with Crippen LogP contribution in [0.3, 0.4) is 0 Å². The molecule has 0 aliphatic carbocycles. The lowest BCUT2D eigenvalue weighted by Gasteiger charge is -2.12. The fourth-order valence-electron chi connectivity index (χ4n) is 1.82. The van der Waals surface area contributed by atoms with Crippen LogP contribution in [0.1, 0.15) is 36.1 Å². The lowest BCUT2D eigenvalue weighted by molar-refractivity contribution is 0.586. The summed E-state index contributed by atoms with van der Waals surface area (Å²) in [6.45, 7) is 5.73. The molecule has 0 bridgehead atoms. The molecule has 1 aromatic rings. The number of hydrogen-bond acceptors (Lipinski definition) is 3. The zero-order valence-electron chi connectivity index (χ0n) is 9.45. The van der Waals surface area contributed by atoms with Crippen molar-refractivity contribution >= 4 is 23.1 Å². The summed E-state index contributed by atoms with van der Waals surface area (Å²) >= 11 is 4.08. The quantitative estimate of drug-likeness (QED) is 0.851. The Balaban J connectivity index is 2.03. The Bertz CT molecular complexity index is 308. The van der Waals surface area contributed by atoms with Crippen molar-refractivity contribution in [1.82, 2.24) is 5.32 Å². The topological polar surface area (TPSA) is 12.0 Å². The molecule has 2 heterocycles. The molecule has 0 radical (unpaired) electrons. The summed E-state index contributed by atoms with van der Waals surface area (Å²) in [5.74, 6) is 1.23. The van der Waals surface area contributed by atoms with Gasteiger partial charge in [-0.2, -0.15) is 11.8 Å². The van der Waals surface area contributed by atoms with Crippen molar-refractivity contribution in [2.45, 2.75) is 38.0 Å². The van der Waals surface area contributed by atoms with Crippen LogP contribution >= 0.6 is 23.1 Å². The highest BCUT2D eigenvalue weighted by molar-refractivity contribution is 7.99. The Hall–Kier alpha value is 0.01000. The molecule has 1 fully saturated rings. The molecule has 3 heteroatoms. The van der Waals surface area contributed by atoms with E-state index in [2.05, 4.69) is 43.1 Å². The molecule has 2 atom stereocenters. The van der Waals surface area contributed by atoms with Crippen LogP contribution in [0.25, 0.3) is 0 Å².